The average Bonchev–Trinajstić information content (AvgIpc) is 2.85. The Bertz CT molecular complexity index is 1040. The van der Waals surface area contributed by atoms with Crippen LogP contribution in [-0.4, -0.2) is 59.7 Å². The average molecular weight is 508 g/mol. The Balaban J connectivity index is 1.30. The molecule has 0 radical (unpaired) electrons. The molecule has 1 aromatic heterocycles. The van der Waals surface area contributed by atoms with Gasteiger partial charge in [-0.25, -0.2) is 4.98 Å². The normalized spacial score (nSPS) is 21.3. The molecular weight excluding hydrogens is 475 g/mol. The molecule has 0 bridgehead atoms. The number of benzene rings is 1. The van der Waals surface area contributed by atoms with Crippen LogP contribution in [0.4, 0.5) is 30.4 Å². The van der Waals surface area contributed by atoms with Crippen molar-refractivity contribution in [3.63, 3.8) is 0 Å². The van der Waals surface area contributed by atoms with Crippen molar-refractivity contribution in [2.75, 3.05) is 42.9 Å². The fraction of sp³-hybridized carbons (Fsp3) is 0.560. The number of nitrogens with zero attached hydrogens (tertiary/aromatic N) is 4. The maximum absolute atomic E-state index is 13.3. The van der Waals surface area contributed by atoms with Crippen LogP contribution in [0.2, 0.25) is 0 Å². The molecule has 8 nitrogen and oxygen atoms in total. The van der Waals surface area contributed by atoms with Crippen LogP contribution in [0, 0.1) is 10.1 Å². The van der Waals surface area contributed by atoms with Gasteiger partial charge in [-0.1, -0.05) is 6.92 Å². The summed E-state index contributed by atoms with van der Waals surface area (Å²) >= 11 is 0. The van der Waals surface area contributed by atoms with E-state index in [2.05, 4.69) is 27.0 Å². The fourth-order valence-corrected chi connectivity index (χ4v) is 4.93. The summed E-state index contributed by atoms with van der Waals surface area (Å²) in [6.07, 6.45) is 1.10. The van der Waals surface area contributed by atoms with E-state index >= 15 is 0 Å². The molecular formula is C25H32F3N5O3. The van der Waals surface area contributed by atoms with Gasteiger partial charge in [-0.2, -0.15) is 13.2 Å². The van der Waals surface area contributed by atoms with E-state index in [1.165, 1.54) is 6.07 Å². The summed E-state index contributed by atoms with van der Waals surface area (Å²) in [6, 6.07) is 6.87. The minimum atomic E-state index is -4.79. The minimum absolute atomic E-state index is 0.0160. The van der Waals surface area contributed by atoms with E-state index in [-0.39, 0.29) is 17.8 Å². The molecule has 1 N–H and O–H groups in total. The van der Waals surface area contributed by atoms with Gasteiger partial charge in [-0.15, -0.1) is 0 Å². The molecule has 0 atom stereocenters. The topological polar surface area (TPSA) is 83.8 Å². The van der Waals surface area contributed by atoms with E-state index in [4.69, 9.17) is 4.74 Å². The second kappa shape index (κ2) is 11.3. The van der Waals surface area contributed by atoms with E-state index < -0.39 is 22.4 Å². The van der Waals surface area contributed by atoms with Crippen LogP contribution in [0.15, 0.2) is 36.5 Å². The van der Waals surface area contributed by atoms with Gasteiger partial charge < -0.3 is 15.0 Å². The van der Waals surface area contributed by atoms with Crippen LogP contribution >= 0.6 is 0 Å². The molecule has 0 unspecified atom stereocenters. The minimum Gasteiger partial charge on any atom is -0.490 e. The standard InChI is InChI=1S/C25H32F3N5O3/c1-2-11-31-12-14-32(15-13-31)24-17-21(9-10-29-24)36-20-6-3-18(4-7-20)30-19-5-8-23(33(34)35)22(16-19)25(26,27)28/h5,8-10,16-18,20,30H,2-4,6-7,11-15H2,1H3. The van der Waals surface area contributed by atoms with Crippen molar-refractivity contribution in [2.45, 2.75) is 57.3 Å². The smallest absolute Gasteiger partial charge is 0.423 e. The summed E-state index contributed by atoms with van der Waals surface area (Å²) in [5.74, 6) is 1.69. The molecule has 1 aromatic carbocycles. The van der Waals surface area contributed by atoms with Gasteiger partial charge in [0.25, 0.3) is 5.69 Å². The number of hydrogen-bond donors (Lipinski definition) is 1. The van der Waals surface area contributed by atoms with E-state index in [0.717, 1.165) is 88.5 Å². The number of nitrogens with one attached hydrogen (secondary N) is 1. The van der Waals surface area contributed by atoms with Gasteiger partial charge in [-0.05, 0) is 56.8 Å². The molecule has 4 rings (SSSR count). The summed E-state index contributed by atoms with van der Waals surface area (Å²) in [5.41, 5.74) is -1.95. The van der Waals surface area contributed by atoms with Crippen molar-refractivity contribution in [2.24, 2.45) is 0 Å². The van der Waals surface area contributed by atoms with Gasteiger partial charge in [0.2, 0.25) is 0 Å². The van der Waals surface area contributed by atoms with Gasteiger partial charge in [0.1, 0.15) is 17.1 Å². The molecule has 11 heteroatoms. The Morgan fingerprint density at radius 3 is 2.47 bits per heavy atom. The lowest BCUT2D eigenvalue weighted by Gasteiger charge is -2.35. The first-order chi connectivity index (χ1) is 17.2. The quantitative estimate of drug-likeness (QED) is 0.381. The van der Waals surface area contributed by atoms with Crippen LogP contribution in [0.25, 0.3) is 0 Å². The molecule has 2 aromatic rings. The van der Waals surface area contributed by atoms with Gasteiger partial charge in [0.05, 0.1) is 11.0 Å². The van der Waals surface area contributed by atoms with Crippen molar-refractivity contribution in [3.8, 4) is 5.75 Å². The van der Waals surface area contributed by atoms with Gasteiger partial charge >= 0.3 is 6.18 Å². The molecule has 196 valence electrons. The summed E-state index contributed by atoms with van der Waals surface area (Å²) < 4.78 is 46.0. The Labute approximate surface area is 208 Å². The number of aromatic nitrogens is 1. The van der Waals surface area contributed by atoms with Crippen molar-refractivity contribution in [1.29, 1.82) is 0 Å². The van der Waals surface area contributed by atoms with Crippen LogP contribution in [0.3, 0.4) is 0 Å². The van der Waals surface area contributed by atoms with Gasteiger partial charge in [0.15, 0.2) is 0 Å². The van der Waals surface area contributed by atoms with E-state index in [1.807, 2.05) is 12.1 Å². The van der Waals surface area contributed by atoms with Crippen LogP contribution in [0.5, 0.6) is 5.75 Å². The molecule has 2 fully saturated rings. The van der Waals surface area contributed by atoms with Crippen molar-refractivity contribution < 1.29 is 22.8 Å². The maximum Gasteiger partial charge on any atom is 0.423 e. The second-order valence-corrected chi connectivity index (χ2v) is 9.40. The van der Waals surface area contributed by atoms with E-state index in [9.17, 15) is 23.3 Å². The zero-order valence-electron chi connectivity index (χ0n) is 20.3. The third-order valence-corrected chi connectivity index (χ3v) is 6.80. The van der Waals surface area contributed by atoms with Gasteiger partial charge in [0, 0.05) is 56.2 Å². The number of pyridine rings is 1. The van der Waals surface area contributed by atoms with Gasteiger partial charge in [-0.3, -0.25) is 15.0 Å². The summed E-state index contributed by atoms with van der Waals surface area (Å²) in [7, 11) is 0. The first-order valence-corrected chi connectivity index (χ1v) is 12.4. The predicted molar refractivity (Wildman–Crippen MR) is 132 cm³/mol. The molecule has 2 aliphatic rings. The number of anilines is 2. The van der Waals surface area contributed by atoms with Crippen LogP contribution < -0.4 is 15.0 Å². The Hall–Kier alpha value is -3.08. The van der Waals surface area contributed by atoms with E-state index in [0.29, 0.717) is 0 Å². The van der Waals surface area contributed by atoms with Crippen molar-refractivity contribution in [3.05, 3.63) is 52.2 Å². The Morgan fingerprint density at radius 2 is 1.83 bits per heavy atom. The Morgan fingerprint density at radius 1 is 1.11 bits per heavy atom. The lowest BCUT2D eigenvalue weighted by atomic mass is 9.92. The zero-order chi connectivity index (χ0) is 25.7. The number of nitro benzene ring substituents is 1. The predicted octanol–water partition coefficient (Wildman–Crippen LogP) is 5.34. The molecule has 2 heterocycles. The number of ether oxygens (including phenoxy) is 1. The van der Waals surface area contributed by atoms with Crippen LogP contribution in [-0.2, 0) is 6.18 Å². The van der Waals surface area contributed by atoms with E-state index in [1.54, 1.807) is 6.20 Å². The Kier molecular flexibility index (Phi) is 8.17. The van der Waals surface area contributed by atoms with Crippen molar-refractivity contribution >= 4 is 17.2 Å². The highest BCUT2D eigenvalue weighted by atomic mass is 19.4. The SMILES string of the molecule is CCCN1CCN(c2cc(OC3CCC(Nc4ccc([N+](=O)[O-])c(C(F)(F)F)c4)CC3)ccn2)CC1. The number of nitro groups is 1. The largest absolute Gasteiger partial charge is 0.490 e. The molecule has 0 amide bonds. The zero-order valence-corrected chi connectivity index (χ0v) is 20.3. The first-order valence-electron chi connectivity index (χ1n) is 12.4. The number of hydrogen-bond acceptors (Lipinski definition) is 7. The highest BCUT2D eigenvalue weighted by Gasteiger charge is 2.38. The third-order valence-electron chi connectivity index (χ3n) is 6.80. The fourth-order valence-electron chi connectivity index (χ4n) is 4.93. The lowest BCUT2D eigenvalue weighted by molar-refractivity contribution is -0.388. The number of piperazine rings is 1. The maximum atomic E-state index is 13.3. The summed E-state index contributed by atoms with van der Waals surface area (Å²) in [5, 5.41) is 14.1. The highest BCUT2D eigenvalue weighted by molar-refractivity contribution is 5.55. The molecule has 36 heavy (non-hydrogen) atoms. The molecule has 1 saturated carbocycles. The number of halogens is 3. The summed E-state index contributed by atoms with van der Waals surface area (Å²) in [4.78, 5) is 19.2. The molecule has 1 aliphatic carbocycles. The summed E-state index contributed by atoms with van der Waals surface area (Å²) in [6.45, 7) is 7.23. The number of alkyl halides is 3. The molecule has 0 spiro atoms. The second-order valence-electron chi connectivity index (χ2n) is 9.40. The van der Waals surface area contributed by atoms with Crippen molar-refractivity contribution in [1.82, 2.24) is 9.88 Å². The highest BCUT2D eigenvalue weighted by Crippen LogP contribution is 2.38. The number of rotatable bonds is 8. The first kappa shape index (κ1) is 26.0. The lowest BCUT2D eigenvalue weighted by Crippen LogP contribution is -2.46. The third kappa shape index (κ3) is 6.57. The molecule has 1 aliphatic heterocycles. The molecule has 1 saturated heterocycles. The van der Waals surface area contributed by atoms with Crippen LogP contribution in [0.1, 0.15) is 44.6 Å². The monoisotopic (exact) mass is 507 g/mol.